The molecule has 0 saturated heterocycles. The van der Waals surface area contributed by atoms with E-state index in [4.69, 9.17) is 0 Å². The Balaban J connectivity index is 4.06. The lowest BCUT2D eigenvalue weighted by Crippen LogP contribution is -2.43. The lowest BCUT2D eigenvalue weighted by atomic mass is 10.4. The molecule has 0 radical (unpaired) electrons. The van der Waals surface area contributed by atoms with Crippen LogP contribution in [0.25, 0.3) is 0 Å². The molecule has 6 heteroatoms. The third-order valence-electron chi connectivity index (χ3n) is 1.63. The predicted octanol–water partition coefficient (Wildman–Crippen LogP) is 1.01. The molecule has 1 amide bonds. The average molecular weight is 212 g/mol. The number of hydrogen-bond acceptors (Lipinski definition) is 2. The zero-order valence-electron chi connectivity index (χ0n) is 8.32. The van der Waals surface area contributed by atoms with E-state index in [1.165, 1.54) is 6.92 Å². The maximum atomic E-state index is 12.0. The Morgan fingerprint density at radius 2 is 1.93 bits per heavy atom. The minimum atomic E-state index is -4.32. The van der Waals surface area contributed by atoms with Gasteiger partial charge < -0.3 is 10.2 Å². The van der Waals surface area contributed by atoms with E-state index in [1.54, 1.807) is 6.92 Å². The van der Waals surface area contributed by atoms with Crippen molar-refractivity contribution < 1.29 is 18.0 Å². The van der Waals surface area contributed by atoms with E-state index in [1.807, 2.05) is 0 Å². The summed E-state index contributed by atoms with van der Waals surface area (Å²) in [4.78, 5) is 12.0. The fourth-order valence-electron chi connectivity index (χ4n) is 0.936. The second-order valence-electron chi connectivity index (χ2n) is 2.80. The molecule has 0 fully saturated rings. The molecule has 84 valence electrons. The Bertz CT molecular complexity index is 182. The highest BCUT2D eigenvalue weighted by molar-refractivity contribution is 5.78. The topological polar surface area (TPSA) is 32.3 Å². The first-order valence-corrected chi connectivity index (χ1v) is 4.46. The Morgan fingerprint density at radius 3 is 2.29 bits per heavy atom. The van der Waals surface area contributed by atoms with Crippen LogP contribution < -0.4 is 5.32 Å². The van der Waals surface area contributed by atoms with Crippen molar-refractivity contribution in [2.75, 3.05) is 26.2 Å². The van der Waals surface area contributed by atoms with Gasteiger partial charge in [-0.25, -0.2) is 0 Å². The van der Waals surface area contributed by atoms with E-state index in [2.05, 4.69) is 5.32 Å². The number of nitrogens with one attached hydrogen (secondary N) is 1. The van der Waals surface area contributed by atoms with Crippen LogP contribution in [0.3, 0.4) is 0 Å². The molecule has 0 spiro atoms. The smallest absolute Gasteiger partial charge is 0.333 e. The lowest BCUT2D eigenvalue weighted by molar-refractivity contribution is -0.160. The summed E-state index contributed by atoms with van der Waals surface area (Å²) in [6.07, 6.45) is -4.32. The van der Waals surface area contributed by atoms with Crippen LogP contribution in [-0.4, -0.2) is 43.2 Å². The van der Waals surface area contributed by atoms with Crippen LogP contribution in [0.4, 0.5) is 13.2 Å². The van der Waals surface area contributed by atoms with E-state index in [9.17, 15) is 18.0 Å². The number of nitrogens with zero attached hydrogens (tertiary/aromatic N) is 1. The Labute approximate surface area is 81.3 Å². The molecule has 0 aliphatic heterocycles. The number of rotatable bonds is 5. The molecule has 0 aromatic carbocycles. The van der Waals surface area contributed by atoms with E-state index in [-0.39, 0.29) is 13.1 Å². The van der Waals surface area contributed by atoms with E-state index < -0.39 is 18.6 Å². The molecule has 1 N–H and O–H groups in total. The molecular formula is C8H15F3N2O. The normalized spacial score (nSPS) is 11.5. The molecule has 0 aromatic heterocycles. The molecule has 0 heterocycles. The van der Waals surface area contributed by atoms with Crippen molar-refractivity contribution in [3.8, 4) is 0 Å². The van der Waals surface area contributed by atoms with Crippen LogP contribution in [0.1, 0.15) is 13.8 Å². The molecule has 0 aromatic rings. The molecule has 3 nitrogen and oxygen atoms in total. The SMILES string of the molecule is CCNCC(=O)N(CC)CC(F)(F)F. The fourth-order valence-corrected chi connectivity index (χ4v) is 0.936. The number of amides is 1. The van der Waals surface area contributed by atoms with Crippen LogP contribution in [0.2, 0.25) is 0 Å². The molecule has 14 heavy (non-hydrogen) atoms. The lowest BCUT2D eigenvalue weighted by Gasteiger charge is -2.22. The number of likely N-dealkylation sites (N-methyl/N-ethyl adjacent to an activating group) is 2. The monoisotopic (exact) mass is 212 g/mol. The van der Waals surface area contributed by atoms with Crippen molar-refractivity contribution in [2.45, 2.75) is 20.0 Å². The van der Waals surface area contributed by atoms with Gasteiger partial charge in [0.25, 0.3) is 0 Å². The van der Waals surface area contributed by atoms with Gasteiger partial charge in [-0.15, -0.1) is 0 Å². The maximum absolute atomic E-state index is 12.0. The second kappa shape index (κ2) is 5.85. The van der Waals surface area contributed by atoms with Crippen LogP contribution in [0.15, 0.2) is 0 Å². The van der Waals surface area contributed by atoms with Crippen LogP contribution >= 0.6 is 0 Å². The van der Waals surface area contributed by atoms with Crippen molar-refractivity contribution >= 4 is 5.91 Å². The standard InChI is InChI=1S/C8H15F3N2O/c1-3-12-5-7(14)13(4-2)6-8(9,10)11/h12H,3-6H2,1-2H3. The van der Waals surface area contributed by atoms with Crippen LogP contribution in [0.5, 0.6) is 0 Å². The Morgan fingerprint density at radius 1 is 1.36 bits per heavy atom. The highest BCUT2D eigenvalue weighted by Crippen LogP contribution is 2.16. The average Bonchev–Trinajstić information content (AvgIpc) is 2.08. The largest absolute Gasteiger partial charge is 0.406 e. The Hall–Kier alpha value is -0.780. The highest BCUT2D eigenvalue weighted by Gasteiger charge is 2.31. The molecule has 0 atom stereocenters. The summed E-state index contributed by atoms with van der Waals surface area (Å²) in [6.45, 7) is 2.73. The van der Waals surface area contributed by atoms with Crippen LogP contribution in [-0.2, 0) is 4.79 Å². The Kier molecular flexibility index (Phi) is 5.52. The molecule has 0 rings (SSSR count). The quantitative estimate of drug-likeness (QED) is 0.737. The number of carbonyl (C=O) groups excluding carboxylic acids is 1. The third-order valence-corrected chi connectivity index (χ3v) is 1.63. The van der Waals surface area contributed by atoms with Crippen LogP contribution in [0, 0.1) is 0 Å². The van der Waals surface area contributed by atoms with Gasteiger partial charge in [-0.2, -0.15) is 13.2 Å². The molecule has 0 unspecified atom stereocenters. The first-order chi connectivity index (χ1) is 6.40. The minimum absolute atomic E-state index is 0.0413. The van der Waals surface area contributed by atoms with Crippen molar-refractivity contribution in [2.24, 2.45) is 0 Å². The van der Waals surface area contributed by atoms with Gasteiger partial charge in [-0.3, -0.25) is 4.79 Å². The van der Waals surface area contributed by atoms with Gasteiger partial charge in [0, 0.05) is 6.54 Å². The molecule has 0 aliphatic rings. The highest BCUT2D eigenvalue weighted by atomic mass is 19.4. The summed E-state index contributed by atoms with van der Waals surface area (Å²) in [5, 5.41) is 2.69. The van der Waals surface area contributed by atoms with Gasteiger partial charge in [-0.05, 0) is 13.5 Å². The summed E-state index contributed by atoms with van der Waals surface area (Å²) in [5.74, 6) is -0.522. The molecule has 0 saturated carbocycles. The molecular weight excluding hydrogens is 197 g/mol. The third kappa shape index (κ3) is 5.80. The number of alkyl halides is 3. The van der Waals surface area contributed by atoms with Gasteiger partial charge >= 0.3 is 6.18 Å². The van der Waals surface area contributed by atoms with Gasteiger partial charge in [-0.1, -0.05) is 6.92 Å². The minimum Gasteiger partial charge on any atom is -0.333 e. The van der Waals surface area contributed by atoms with E-state index in [0.717, 1.165) is 4.90 Å². The molecule has 0 aliphatic carbocycles. The first kappa shape index (κ1) is 13.2. The second-order valence-corrected chi connectivity index (χ2v) is 2.80. The van der Waals surface area contributed by atoms with Gasteiger partial charge in [0.05, 0.1) is 6.54 Å². The van der Waals surface area contributed by atoms with Gasteiger partial charge in [0.15, 0.2) is 0 Å². The zero-order valence-corrected chi connectivity index (χ0v) is 8.32. The molecule has 0 bridgehead atoms. The maximum Gasteiger partial charge on any atom is 0.406 e. The van der Waals surface area contributed by atoms with Crippen molar-refractivity contribution in [1.82, 2.24) is 10.2 Å². The van der Waals surface area contributed by atoms with Crippen molar-refractivity contribution in [1.29, 1.82) is 0 Å². The number of halogens is 3. The summed E-state index contributed by atoms with van der Waals surface area (Å²) < 4.78 is 35.9. The zero-order chi connectivity index (χ0) is 11.2. The van der Waals surface area contributed by atoms with Crippen molar-refractivity contribution in [3.05, 3.63) is 0 Å². The summed E-state index contributed by atoms with van der Waals surface area (Å²) in [5.41, 5.74) is 0. The predicted molar refractivity (Wildman–Crippen MR) is 46.9 cm³/mol. The summed E-state index contributed by atoms with van der Waals surface area (Å²) >= 11 is 0. The van der Waals surface area contributed by atoms with Gasteiger partial charge in [0.2, 0.25) is 5.91 Å². The van der Waals surface area contributed by atoms with Gasteiger partial charge in [0.1, 0.15) is 6.54 Å². The van der Waals surface area contributed by atoms with E-state index in [0.29, 0.717) is 6.54 Å². The number of carbonyl (C=O) groups is 1. The summed E-state index contributed by atoms with van der Waals surface area (Å²) in [7, 11) is 0. The van der Waals surface area contributed by atoms with Crippen molar-refractivity contribution in [3.63, 3.8) is 0 Å². The van der Waals surface area contributed by atoms with E-state index >= 15 is 0 Å². The first-order valence-electron chi connectivity index (χ1n) is 4.46. The number of hydrogen-bond donors (Lipinski definition) is 1. The fraction of sp³-hybridized carbons (Fsp3) is 0.875. The summed E-state index contributed by atoms with van der Waals surface area (Å²) in [6, 6.07) is 0.